The van der Waals surface area contributed by atoms with E-state index in [-0.39, 0.29) is 0 Å². The van der Waals surface area contributed by atoms with Crippen LogP contribution in [-0.4, -0.2) is 28.0 Å². The molecule has 2 heterocycles. The number of aryl methyl sites for hydroxylation is 1. The highest BCUT2D eigenvalue weighted by atomic mass is 15.0. The third-order valence-electron chi connectivity index (χ3n) is 3.15. The van der Waals surface area contributed by atoms with Gasteiger partial charge in [-0.1, -0.05) is 18.2 Å². The second-order valence-corrected chi connectivity index (χ2v) is 4.65. The summed E-state index contributed by atoms with van der Waals surface area (Å²) >= 11 is 0. The molecule has 0 fully saturated rings. The smallest absolute Gasteiger partial charge is 0.130 e. The van der Waals surface area contributed by atoms with E-state index < -0.39 is 0 Å². The van der Waals surface area contributed by atoms with Crippen LogP contribution in [0.3, 0.4) is 0 Å². The van der Waals surface area contributed by atoms with Crippen LogP contribution in [0.1, 0.15) is 5.82 Å². The van der Waals surface area contributed by atoms with Gasteiger partial charge < -0.3 is 16.0 Å². The zero-order chi connectivity index (χ0) is 13.9. The van der Waals surface area contributed by atoms with Crippen LogP contribution in [0, 0.1) is 6.92 Å². The molecule has 3 aromatic rings. The number of H-pyrrole nitrogens is 1. The number of benzene rings is 1. The molecular formula is C15H17N5. The molecule has 0 spiro atoms. The Morgan fingerprint density at radius 2 is 2.10 bits per heavy atom. The van der Waals surface area contributed by atoms with Crippen LogP contribution < -0.4 is 11.1 Å². The second kappa shape index (κ2) is 5.30. The molecule has 0 radical (unpaired) electrons. The predicted molar refractivity (Wildman–Crippen MR) is 81.6 cm³/mol. The van der Waals surface area contributed by atoms with E-state index in [1.807, 2.05) is 31.3 Å². The van der Waals surface area contributed by atoms with Crippen molar-refractivity contribution in [1.82, 2.24) is 15.0 Å². The minimum atomic E-state index is 0.575. The SMILES string of the molecule is Cc1nc(NCCN)cc(-c2c[nH]c3ccccc23)n1. The molecule has 0 atom stereocenters. The highest BCUT2D eigenvalue weighted by molar-refractivity contribution is 5.94. The maximum absolute atomic E-state index is 5.51. The number of aromatic amines is 1. The van der Waals surface area contributed by atoms with Crippen LogP contribution in [0.4, 0.5) is 5.82 Å². The third-order valence-corrected chi connectivity index (χ3v) is 3.15. The maximum atomic E-state index is 5.51. The Morgan fingerprint density at radius 3 is 2.95 bits per heavy atom. The molecule has 0 bridgehead atoms. The Bertz CT molecular complexity index is 732. The lowest BCUT2D eigenvalue weighted by Crippen LogP contribution is -2.14. The van der Waals surface area contributed by atoms with Crippen molar-refractivity contribution < 1.29 is 0 Å². The van der Waals surface area contributed by atoms with Gasteiger partial charge in [0.25, 0.3) is 0 Å². The summed E-state index contributed by atoms with van der Waals surface area (Å²) in [6, 6.07) is 10.1. The molecule has 3 rings (SSSR count). The van der Waals surface area contributed by atoms with Gasteiger partial charge in [-0.25, -0.2) is 9.97 Å². The fourth-order valence-corrected chi connectivity index (χ4v) is 2.28. The standard InChI is InChI=1S/C15H17N5/c1-10-19-14(8-15(20-10)17-7-6-16)12-9-18-13-5-3-2-4-11(12)13/h2-5,8-9,18H,6-7,16H2,1H3,(H,17,19,20). The zero-order valence-electron chi connectivity index (χ0n) is 11.4. The monoisotopic (exact) mass is 267 g/mol. The first-order chi connectivity index (χ1) is 9.78. The number of aromatic nitrogens is 3. The van der Waals surface area contributed by atoms with Crippen molar-refractivity contribution in [1.29, 1.82) is 0 Å². The normalized spacial score (nSPS) is 10.9. The summed E-state index contributed by atoms with van der Waals surface area (Å²) in [6.07, 6.45) is 1.99. The zero-order valence-corrected chi connectivity index (χ0v) is 11.4. The van der Waals surface area contributed by atoms with E-state index in [2.05, 4.69) is 32.4 Å². The maximum Gasteiger partial charge on any atom is 0.130 e. The number of hydrogen-bond acceptors (Lipinski definition) is 4. The van der Waals surface area contributed by atoms with E-state index in [9.17, 15) is 0 Å². The Labute approximate surface area is 117 Å². The molecule has 4 N–H and O–H groups in total. The summed E-state index contributed by atoms with van der Waals surface area (Å²) in [5.74, 6) is 1.55. The van der Waals surface area contributed by atoms with Crippen molar-refractivity contribution in [2.75, 3.05) is 18.4 Å². The average molecular weight is 267 g/mol. The van der Waals surface area contributed by atoms with Crippen molar-refractivity contribution in [3.63, 3.8) is 0 Å². The molecular weight excluding hydrogens is 250 g/mol. The Morgan fingerprint density at radius 1 is 1.25 bits per heavy atom. The molecule has 0 aliphatic heterocycles. The molecule has 0 amide bonds. The summed E-state index contributed by atoms with van der Waals surface area (Å²) in [5.41, 5.74) is 8.61. The summed E-state index contributed by atoms with van der Waals surface area (Å²) < 4.78 is 0. The van der Waals surface area contributed by atoms with Gasteiger partial charge >= 0.3 is 0 Å². The van der Waals surface area contributed by atoms with E-state index >= 15 is 0 Å². The molecule has 2 aromatic heterocycles. The van der Waals surface area contributed by atoms with Crippen LogP contribution in [0.2, 0.25) is 0 Å². The van der Waals surface area contributed by atoms with Gasteiger partial charge in [0.15, 0.2) is 0 Å². The van der Waals surface area contributed by atoms with E-state index in [1.165, 1.54) is 0 Å². The molecule has 102 valence electrons. The fraction of sp³-hybridized carbons (Fsp3) is 0.200. The summed E-state index contributed by atoms with van der Waals surface area (Å²) in [6.45, 7) is 3.17. The van der Waals surface area contributed by atoms with Gasteiger partial charge in [0.2, 0.25) is 0 Å². The lowest BCUT2D eigenvalue weighted by Gasteiger charge is -2.07. The van der Waals surface area contributed by atoms with Crippen LogP contribution in [0.5, 0.6) is 0 Å². The number of para-hydroxylation sites is 1. The van der Waals surface area contributed by atoms with Crippen molar-refractivity contribution >= 4 is 16.7 Å². The molecule has 0 aliphatic rings. The number of nitrogens with zero attached hydrogens (tertiary/aromatic N) is 2. The first-order valence-corrected chi connectivity index (χ1v) is 6.64. The predicted octanol–water partition coefficient (Wildman–Crippen LogP) is 2.30. The minimum Gasteiger partial charge on any atom is -0.369 e. The molecule has 1 aromatic carbocycles. The first kappa shape index (κ1) is 12.6. The van der Waals surface area contributed by atoms with Crippen LogP contribution in [0.15, 0.2) is 36.5 Å². The molecule has 5 heteroatoms. The van der Waals surface area contributed by atoms with Gasteiger partial charge in [-0.3, -0.25) is 0 Å². The third kappa shape index (κ3) is 2.35. The van der Waals surface area contributed by atoms with Gasteiger partial charge in [0, 0.05) is 41.8 Å². The molecule has 0 saturated heterocycles. The quantitative estimate of drug-likeness (QED) is 0.677. The highest BCUT2D eigenvalue weighted by Crippen LogP contribution is 2.28. The number of nitrogens with two attached hydrogens (primary N) is 1. The van der Waals surface area contributed by atoms with E-state index in [4.69, 9.17) is 5.73 Å². The second-order valence-electron chi connectivity index (χ2n) is 4.65. The number of rotatable bonds is 4. The molecule has 0 saturated carbocycles. The van der Waals surface area contributed by atoms with E-state index in [1.54, 1.807) is 0 Å². The van der Waals surface area contributed by atoms with Crippen LogP contribution >= 0.6 is 0 Å². The Balaban J connectivity index is 2.07. The van der Waals surface area contributed by atoms with Crippen molar-refractivity contribution in [3.8, 4) is 11.3 Å². The van der Waals surface area contributed by atoms with Crippen molar-refractivity contribution in [2.45, 2.75) is 6.92 Å². The van der Waals surface area contributed by atoms with Crippen molar-refractivity contribution in [3.05, 3.63) is 42.4 Å². The Hall–Kier alpha value is -2.40. The summed E-state index contributed by atoms with van der Waals surface area (Å²) in [7, 11) is 0. The van der Waals surface area contributed by atoms with Gasteiger partial charge in [-0.05, 0) is 13.0 Å². The number of anilines is 1. The highest BCUT2D eigenvalue weighted by Gasteiger charge is 2.09. The lowest BCUT2D eigenvalue weighted by atomic mass is 10.1. The molecule has 0 aliphatic carbocycles. The first-order valence-electron chi connectivity index (χ1n) is 6.64. The summed E-state index contributed by atoms with van der Waals surface area (Å²) in [5, 5.41) is 4.36. The number of nitrogens with one attached hydrogen (secondary N) is 2. The molecule has 5 nitrogen and oxygen atoms in total. The van der Waals surface area contributed by atoms with Gasteiger partial charge in [-0.2, -0.15) is 0 Å². The Kier molecular flexibility index (Phi) is 3.35. The fourth-order valence-electron chi connectivity index (χ4n) is 2.28. The molecule has 0 unspecified atom stereocenters. The minimum absolute atomic E-state index is 0.575. The van der Waals surface area contributed by atoms with Gasteiger partial charge in [-0.15, -0.1) is 0 Å². The number of hydrogen-bond donors (Lipinski definition) is 3. The topological polar surface area (TPSA) is 79.6 Å². The number of fused-ring (bicyclic) bond motifs is 1. The summed E-state index contributed by atoms with van der Waals surface area (Å²) in [4.78, 5) is 12.2. The van der Waals surface area contributed by atoms with Gasteiger partial charge in [0.1, 0.15) is 11.6 Å². The lowest BCUT2D eigenvalue weighted by molar-refractivity contribution is 0.987. The van der Waals surface area contributed by atoms with Crippen molar-refractivity contribution in [2.24, 2.45) is 5.73 Å². The van der Waals surface area contributed by atoms with Crippen LogP contribution in [0.25, 0.3) is 22.2 Å². The van der Waals surface area contributed by atoms with E-state index in [0.29, 0.717) is 13.1 Å². The largest absolute Gasteiger partial charge is 0.369 e. The van der Waals surface area contributed by atoms with E-state index in [0.717, 1.165) is 33.8 Å². The molecule has 20 heavy (non-hydrogen) atoms. The van der Waals surface area contributed by atoms with Gasteiger partial charge in [0.05, 0.1) is 5.69 Å². The average Bonchev–Trinajstić information content (AvgIpc) is 2.88. The van der Waals surface area contributed by atoms with Crippen LogP contribution in [-0.2, 0) is 0 Å².